The number of nitrogens with one attached hydrogen (secondary N) is 1. The van der Waals surface area contributed by atoms with Crippen LogP contribution in [0, 0.1) is 11.7 Å². The molecule has 4 rings (SSSR count). The predicted molar refractivity (Wildman–Crippen MR) is 119 cm³/mol. The lowest BCUT2D eigenvalue weighted by Crippen LogP contribution is -2.38. The molecule has 1 amide bonds. The lowest BCUT2D eigenvalue weighted by molar-refractivity contribution is -0.140. The highest BCUT2D eigenvalue weighted by Gasteiger charge is 2.34. The lowest BCUT2D eigenvalue weighted by atomic mass is 9.95. The molecule has 10 heteroatoms. The smallest absolute Gasteiger partial charge is 0.419 e. The second-order valence-corrected chi connectivity index (χ2v) is 7.93. The Morgan fingerprint density at radius 1 is 1.06 bits per heavy atom. The molecule has 178 valence electrons. The molecule has 0 radical (unpaired) electrons. The minimum Gasteiger partial charge on any atom is -0.497 e. The third-order valence-electron chi connectivity index (χ3n) is 5.77. The van der Waals surface area contributed by atoms with Gasteiger partial charge < -0.3 is 15.0 Å². The largest absolute Gasteiger partial charge is 0.497 e. The van der Waals surface area contributed by atoms with Crippen LogP contribution in [0.5, 0.6) is 5.75 Å². The van der Waals surface area contributed by atoms with Gasteiger partial charge in [-0.15, -0.1) is 0 Å². The highest BCUT2D eigenvalue weighted by molar-refractivity contribution is 5.92. The molecule has 2 aromatic carbocycles. The molecule has 1 aromatic heterocycles. The molecular formula is C24H22F4N4O2. The fourth-order valence-electron chi connectivity index (χ4n) is 3.87. The average molecular weight is 474 g/mol. The summed E-state index contributed by atoms with van der Waals surface area (Å²) < 4.78 is 57.4. The van der Waals surface area contributed by atoms with Gasteiger partial charge in [-0.2, -0.15) is 13.2 Å². The minimum atomic E-state index is -4.83. The van der Waals surface area contributed by atoms with Crippen LogP contribution in [0.15, 0.2) is 54.9 Å². The molecule has 6 nitrogen and oxygen atoms in total. The fraction of sp³-hybridized carbons (Fsp3) is 0.292. The molecule has 1 fully saturated rings. The van der Waals surface area contributed by atoms with Gasteiger partial charge in [0.25, 0.3) is 0 Å². The lowest BCUT2D eigenvalue weighted by Gasteiger charge is -2.32. The molecule has 2 heterocycles. The van der Waals surface area contributed by atoms with Crippen LogP contribution in [0.1, 0.15) is 18.4 Å². The molecule has 34 heavy (non-hydrogen) atoms. The number of hydrogen-bond donors (Lipinski definition) is 1. The van der Waals surface area contributed by atoms with E-state index >= 15 is 0 Å². The molecule has 0 atom stereocenters. The van der Waals surface area contributed by atoms with Crippen molar-refractivity contribution in [3.63, 3.8) is 0 Å². The monoisotopic (exact) mass is 474 g/mol. The van der Waals surface area contributed by atoms with Crippen molar-refractivity contribution < 1.29 is 27.1 Å². The van der Waals surface area contributed by atoms with Crippen molar-refractivity contribution in [3.05, 3.63) is 66.2 Å². The Balaban J connectivity index is 1.38. The highest BCUT2D eigenvalue weighted by atomic mass is 19.4. The molecule has 0 aliphatic carbocycles. The molecule has 3 aromatic rings. The van der Waals surface area contributed by atoms with E-state index in [-0.39, 0.29) is 17.5 Å². The van der Waals surface area contributed by atoms with Gasteiger partial charge in [0.15, 0.2) is 0 Å². The van der Waals surface area contributed by atoms with Crippen molar-refractivity contribution in [3.8, 4) is 17.0 Å². The van der Waals surface area contributed by atoms with Crippen LogP contribution in [0.3, 0.4) is 0 Å². The Hall–Kier alpha value is -3.69. The second kappa shape index (κ2) is 9.66. The van der Waals surface area contributed by atoms with Gasteiger partial charge in [-0.1, -0.05) is 0 Å². The highest BCUT2D eigenvalue weighted by Crippen LogP contribution is 2.33. The maximum absolute atomic E-state index is 13.5. The van der Waals surface area contributed by atoms with Crippen LogP contribution in [0.25, 0.3) is 11.3 Å². The molecule has 0 unspecified atom stereocenters. The van der Waals surface area contributed by atoms with Crippen molar-refractivity contribution in [2.24, 2.45) is 5.92 Å². The first-order chi connectivity index (χ1) is 16.2. The van der Waals surface area contributed by atoms with Gasteiger partial charge in [-0.3, -0.25) is 4.79 Å². The number of alkyl halides is 3. The standard InChI is InChI=1S/C24H22F4N4O2/c1-34-18-5-2-15(3-6-18)21-13-22(30-14-29-21)32-10-8-16(9-11-32)23(33)31-17-4-7-20(25)19(12-17)24(26,27)28/h2-7,12-14,16H,8-11H2,1H3,(H,31,33). The van der Waals surface area contributed by atoms with Crippen molar-refractivity contribution in [1.82, 2.24) is 9.97 Å². The van der Waals surface area contributed by atoms with Crippen LogP contribution in [-0.4, -0.2) is 36.1 Å². The molecule has 1 aliphatic rings. The topological polar surface area (TPSA) is 67.3 Å². The van der Waals surface area contributed by atoms with E-state index in [0.717, 1.165) is 28.9 Å². The zero-order valence-corrected chi connectivity index (χ0v) is 18.3. The first-order valence-electron chi connectivity index (χ1n) is 10.6. The number of piperidine rings is 1. The average Bonchev–Trinajstić information content (AvgIpc) is 2.85. The molecule has 0 spiro atoms. The van der Waals surface area contributed by atoms with Gasteiger partial charge in [0.05, 0.1) is 18.4 Å². The van der Waals surface area contributed by atoms with Crippen molar-refractivity contribution in [2.75, 3.05) is 30.4 Å². The van der Waals surface area contributed by atoms with Gasteiger partial charge in [0, 0.05) is 36.3 Å². The van der Waals surface area contributed by atoms with Crippen molar-refractivity contribution in [2.45, 2.75) is 19.0 Å². The number of ether oxygens (including phenoxy) is 1. The first-order valence-corrected chi connectivity index (χ1v) is 10.6. The van der Waals surface area contributed by atoms with E-state index in [2.05, 4.69) is 15.3 Å². The Kier molecular flexibility index (Phi) is 6.67. The maximum atomic E-state index is 13.5. The van der Waals surface area contributed by atoms with E-state index in [4.69, 9.17) is 4.74 Å². The molecule has 0 bridgehead atoms. The number of anilines is 2. The Morgan fingerprint density at radius 2 is 1.76 bits per heavy atom. The van der Waals surface area contributed by atoms with Crippen molar-refractivity contribution >= 4 is 17.4 Å². The van der Waals surface area contributed by atoms with Gasteiger partial charge in [-0.05, 0) is 55.3 Å². The van der Waals surface area contributed by atoms with E-state index in [9.17, 15) is 22.4 Å². The number of nitrogens with zero attached hydrogens (tertiary/aromatic N) is 3. The van der Waals surface area contributed by atoms with Crippen LogP contribution < -0.4 is 15.0 Å². The van der Waals surface area contributed by atoms with Crippen LogP contribution in [0.4, 0.5) is 29.1 Å². The van der Waals surface area contributed by atoms with E-state index in [1.165, 1.54) is 6.33 Å². The summed E-state index contributed by atoms with van der Waals surface area (Å²) in [6, 6.07) is 11.8. The summed E-state index contributed by atoms with van der Waals surface area (Å²) in [4.78, 5) is 23.3. The summed E-state index contributed by atoms with van der Waals surface area (Å²) in [7, 11) is 1.60. The van der Waals surface area contributed by atoms with Gasteiger partial charge in [0.1, 0.15) is 23.7 Å². The second-order valence-electron chi connectivity index (χ2n) is 7.93. The molecule has 0 saturated carbocycles. The Morgan fingerprint density at radius 3 is 2.41 bits per heavy atom. The fourth-order valence-corrected chi connectivity index (χ4v) is 3.87. The van der Waals surface area contributed by atoms with Crippen LogP contribution >= 0.6 is 0 Å². The predicted octanol–water partition coefficient (Wildman–Crippen LogP) is 5.17. The van der Waals surface area contributed by atoms with Crippen molar-refractivity contribution in [1.29, 1.82) is 0 Å². The molecular weight excluding hydrogens is 452 g/mol. The van der Waals surface area contributed by atoms with Crippen LogP contribution in [-0.2, 0) is 11.0 Å². The number of hydrogen-bond acceptors (Lipinski definition) is 5. The normalized spacial score (nSPS) is 14.7. The zero-order valence-electron chi connectivity index (χ0n) is 18.3. The van der Waals surface area contributed by atoms with Crippen LogP contribution in [0.2, 0.25) is 0 Å². The number of amides is 1. The molecule has 1 N–H and O–H groups in total. The van der Waals surface area contributed by atoms with Gasteiger partial charge >= 0.3 is 6.18 Å². The number of carbonyl (C=O) groups excluding carboxylic acids is 1. The third-order valence-corrected chi connectivity index (χ3v) is 5.77. The number of benzene rings is 2. The minimum absolute atomic E-state index is 0.0823. The summed E-state index contributed by atoms with van der Waals surface area (Å²) >= 11 is 0. The zero-order chi connectivity index (χ0) is 24.3. The molecule has 1 aliphatic heterocycles. The van der Waals surface area contributed by atoms with E-state index < -0.39 is 17.6 Å². The Bertz CT molecular complexity index is 1160. The summed E-state index contributed by atoms with van der Waals surface area (Å²) in [6.45, 7) is 1.10. The molecule has 1 saturated heterocycles. The number of methoxy groups -OCH3 is 1. The number of aromatic nitrogens is 2. The summed E-state index contributed by atoms with van der Waals surface area (Å²) in [6.07, 6.45) is -2.35. The van der Waals surface area contributed by atoms with Gasteiger partial charge in [0.2, 0.25) is 5.91 Å². The summed E-state index contributed by atoms with van der Waals surface area (Å²) in [5.41, 5.74) is 0.179. The quantitative estimate of drug-likeness (QED) is 0.517. The third kappa shape index (κ3) is 5.27. The SMILES string of the molecule is COc1ccc(-c2cc(N3CCC(C(=O)Nc4ccc(F)c(C(F)(F)F)c4)CC3)ncn2)cc1. The summed E-state index contributed by atoms with van der Waals surface area (Å²) in [5, 5.41) is 2.49. The van der Waals surface area contributed by atoms with E-state index in [1.807, 2.05) is 35.2 Å². The van der Waals surface area contributed by atoms with E-state index in [0.29, 0.717) is 38.1 Å². The first kappa shape index (κ1) is 23.5. The maximum Gasteiger partial charge on any atom is 0.419 e. The van der Waals surface area contributed by atoms with Gasteiger partial charge in [-0.25, -0.2) is 14.4 Å². The number of carbonyl (C=O) groups is 1. The number of rotatable bonds is 5. The van der Waals surface area contributed by atoms with E-state index in [1.54, 1.807) is 7.11 Å². The number of halogens is 4. The summed E-state index contributed by atoms with van der Waals surface area (Å²) in [5.74, 6) is -0.668. The Labute approximate surface area is 193 Å².